The average Bonchev–Trinajstić information content (AvgIpc) is 3.02. The first-order valence-electron chi connectivity index (χ1n) is 7.13. The summed E-state index contributed by atoms with van der Waals surface area (Å²) in [6.45, 7) is 0.444. The standard InChI is InChI=1S/C15H17ClN2O2S/c16-11-3-5-12(6-4-11)21-10-9-18-13(19)15(17-14(18)20)7-1-2-8-15/h3-6H,1-2,7-10H2,(H,17,20). The van der Waals surface area contributed by atoms with Crippen LogP contribution in [0, 0.1) is 0 Å². The fraction of sp³-hybridized carbons (Fsp3) is 0.467. The summed E-state index contributed by atoms with van der Waals surface area (Å²) in [6.07, 6.45) is 3.58. The number of nitrogens with one attached hydrogen (secondary N) is 1. The molecule has 0 bridgehead atoms. The fourth-order valence-corrected chi connectivity index (χ4v) is 3.95. The molecule has 1 N–H and O–H groups in total. The molecule has 1 spiro atoms. The van der Waals surface area contributed by atoms with Crippen molar-refractivity contribution in [3.8, 4) is 0 Å². The van der Waals surface area contributed by atoms with Gasteiger partial charge >= 0.3 is 6.03 Å². The Hall–Kier alpha value is -1.20. The Labute approximate surface area is 133 Å². The second kappa shape index (κ2) is 5.89. The molecule has 6 heteroatoms. The second-order valence-corrected chi connectivity index (χ2v) is 7.08. The van der Waals surface area contributed by atoms with E-state index >= 15 is 0 Å². The molecule has 1 heterocycles. The number of carbonyl (C=O) groups is 2. The van der Waals surface area contributed by atoms with Crippen LogP contribution in [0.1, 0.15) is 25.7 Å². The van der Waals surface area contributed by atoms with Gasteiger partial charge < -0.3 is 5.32 Å². The van der Waals surface area contributed by atoms with Crippen LogP contribution >= 0.6 is 23.4 Å². The molecule has 1 aliphatic carbocycles. The fourth-order valence-electron chi connectivity index (χ4n) is 2.98. The molecule has 21 heavy (non-hydrogen) atoms. The van der Waals surface area contributed by atoms with Gasteiger partial charge in [-0.2, -0.15) is 0 Å². The third-order valence-electron chi connectivity index (χ3n) is 4.10. The SMILES string of the molecule is O=C1NC2(CCCC2)C(=O)N1CCSc1ccc(Cl)cc1. The van der Waals surface area contributed by atoms with Gasteiger partial charge in [0.05, 0.1) is 0 Å². The molecule has 3 amide bonds. The van der Waals surface area contributed by atoms with E-state index in [-0.39, 0.29) is 11.9 Å². The first kappa shape index (κ1) is 14.7. The van der Waals surface area contributed by atoms with Gasteiger partial charge in [-0.05, 0) is 37.1 Å². The van der Waals surface area contributed by atoms with Crippen molar-refractivity contribution in [1.29, 1.82) is 0 Å². The largest absolute Gasteiger partial charge is 0.325 e. The zero-order chi connectivity index (χ0) is 14.9. The van der Waals surface area contributed by atoms with E-state index in [1.54, 1.807) is 11.8 Å². The van der Waals surface area contributed by atoms with Gasteiger partial charge in [-0.15, -0.1) is 11.8 Å². The van der Waals surface area contributed by atoms with E-state index in [0.29, 0.717) is 17.3 Å². The molecule has 112 valence electrons. The first-order valence-corrected chi connectivity index (χ1v) is 8.50. The summed E-state index contributed by atoms with van der Waals surface area (Å²) >= 11 is 7.46. The van der Waals surface area contributed by atoms with Crippen molar-refractivity contribution in [2.24, 2.45) is 0 Å². The van der Waals surface area contributed by atoms with Crippen LogP contribution in [0.25, 0.3) is 0 Å². The van der Waals surface area contributed by atoms with Crippen molar-refractivity contribution < 1.29 is 9.59 Å². The lowest BCUT2D eigenvalue weighted by molar-refractivity contribution is -0.130. The van der Waals surface area contributed by atoms with Crippen molar-refractivity contribution in [3.63, 3.8) is 0 Å². The smallest absolute Gasteiger partial charge is 0.323 e. The minimum atomic E-state index is -0.595. The van der Waals surface area contributed by atoms with Crippen LogP contribution in [0.3, 0.4) is 0 Å². The van der Waals surface area contributed by atoms with Gasteiger partial charge in [0, 0.05) is 22.2 Å². The zero-order valence-corrected chi connectivity index (χ0v) is 13.2. The van der Waals surface area contributed by atoms with Crippen LogP contribution in [0.5, 0.6) is 0 Å². The van der Waals surface area contributed by atoms with Crippen LogP contribution in [0.2, 0.25) is 5.02 Å². The molecule has 1 aliphatic heterocycles. The van der Waals surface area contributed by atoms with E-state index in [1.165, 1.54) is 4.90 Å². The van der Waals surface area contributed by atoms with Gasteiger partial charge in [0.25, 0.3) is 5.91 Å². The van der Waals surface area contributed by atoms with Crippen molar-refractivity contribution in [2.45, 2.75) is 36.1 Å². The molecular formula is C15H17ClN2O2S. The van der Waals surface area contributed by atoms with Gasteiger partial charge in [-0.3, -0.25) is 9.69 Å². The van der Waals surface area contributed by atoms with Gasteiger partial charge in [0.2, 0.25) is 0 Å². The Morgan fingerprint density at radius 3 is 2.52 bits per heavy atom. The van der Waals surface area contributed by atoms with Crippen LogP contribution in [0.4, 0.5) is 4.79 Å². The molecule has 1 saturated carbocycles. The highest BCUT2D eigenvalue weighted by molar-refractivity contribution is 7.99. The van der Waals surface area contributed by atoms with Gasteiger partial charge in [0.15, 0.2) is 0 Å². The Morgan fingerprint density at radius 1 is 1.19 bits per heavy atom. The summed E-state index contributed by atoms with van der Waals surface area (Å²) in [4.78, 5) is 26.9. The molecule has 0 atom stereocenters. The van der Waals surface area contributed by atoms with Crippen LogP contribution in [-0.2, 0) is 4.79 Å². The van der Waals surface area contributed by atoms with Gasteiger partial charge in [0.1, 0.15) is 5.54 Å². The van der Waals surface area contributed by atoms with E-state index in [2.05, 4.69) is 5.32 Å². The monoisotopic (exact) mass is 324 g/mol. The lowest BCUT2D eigenvalue weighted by Crippen LogP contribution is -2.44. The number of rotatable bonds is 4. The van der Waals surface area contributed by atoms with Crippen molar-refractivity contribution in [1.82, 2.24) is 10.2 Å². The molecule has 0 aromatic heterocycles. The van der Waals surface area contributed by atoms with Gasteiger partial charge in [-0.1, -0.05) is 24.4 Å². The molecule has 1 aromatic rings. The summed E-state index contributed by atoms with van der Waals surface area (Å²) < 4.78 is 0. The number of carbonyl (C=O) groups excluding carboxylic acids is 2. The predicted molar refractivity (Wildman–Crippen MR) is 83.6 cm³/mol. The summed E-state index contributed by atoms with van der Waals surface area (Å²) in [5, 5.41) is 3.60. The summed E-state index contributed by atoms with van der Waals surface area (Å²) in [5.74, 6) is 0.651. The number of thioether (sulfide) groups is 1. The van der Waals surface area contributed by atoms with Crippen molar-refractivity contribution in [3.05, 3.63) is 29.3 Å². The Kier molecular flexibility index (Phi) is 4.13. The quantitative estimate of drug-likeness (QED) is 0.683. The van der Waals surface area contributed by atoms with Crippen LogP contribution < -0.4 is 5.32 Å². The molecule has 2 aliphatic rings. The molecule has 0 radical (unpaired) electrons. The highest BCUT2D eigenvalue weighted by atomic mass is 35.5. The molecule has 1 aromatic carbocycles. The lowest BCUT2D eigenvalue weighted by atomic mass is 9.98. The Bertz CT molecular complexity index is 555. The molecule has 4 nitrogen and oxygen atoms in total. The summed E-state index contributed by atoms with van der Waals surface area (Å²) in [5.41, 5.74) is -0.595. The maximum absolute atomic E-state index is 12.4. The molecule has 2 fully saturated rings. The lowest BCUT2D eigenvalue weighted by Gasteiger charge is -2.19. The zero-order valence-electron chi connectivity index (χ0n) is 11.6. The highest BCUT2D eigenvalue weighted by Gasteiger charge is 2.51. The van der Waals surface area contributed by atoms with E-state index in [9.17, 15) is 9.59 Å². The third kappa shape index (κ3) is 2.90. The number of halogens is 1. The molecule has 1 saturated heterocycles. The van der Waals surface area contributed by atoms with E-state index < -0.39 is 5.54 Å². The summed E-state index contributed by atoms with van der Waals surface area (Å²) in [6, 6.07) is 7.32. The number of urea groups is 1. The van der Waals surface area contributed by atoms with Crippen LogP contribution in [0.15, 0.2) is 29.2 Å². The van der Waals surface area contributed by atoms with E-state index in [1.807, 2.05) is 24.3 Å². The van der Waals surface area contributed by atoms with Crippen LogP contribution in [-0.4, -0.2) is 34.7 Å². The highest BCUT2D eigenvalue weighted by Crippen LogP contribution is 2.35. The normalized spacial score (nSPS) is 20.3. The maximum atomic E-state index is 12.4. The minimum absolute atomic E-state index is 0.0401. The number of benzene rings is 1. The van der Waals surface area contributed by atoms with E-state index in [0.717, 1.165) is 30.6 Å². The number of hydrogen-bond donors (Lipinski definition) is 1. The minimum Gasteiger partial charge on any atom is -0.323 e. The maximum Gasteiger partial charge on any atom is 0.325 e. The van der Waals surface area contributed by atoms with Crippen molar-refractivity contribution in [2.75, 3.05) is 12.3 Å². The third-order valence-corrected chi connectivity index (χ3v) is 5.34. The average molecular weight is 325 g/mol. The molecular weight excluding hydrogens is 308 g/mol. The number of amides is 3. The Morgan fingerprint density at radius 2 is 1.86 bits per heavy atom. The second-order valence-electron chi connectivity index (χ2n) is 5.48. The Balaban J connectivity index is 1.56. The predicted octanol–water partition coefficient (Wildman–Crippen LogP) is 3.30. The molecule has 0 unspecified atom stereocenters. The molecule has 3 rings (SSSR count). The summed E-state index contributed by atoms with van der Waals surface area (Å²) in [7, 11) is 0. The van der Waals surface area contributed by atoms with E-state index in [4.69, 9.17) is 11.6 Å². The first-order chi connectivity index (χ1) is 10.1. The van der Waals surface area contributed by atoms with Crippen molar-refractivity contribution >= 4 is 35.3 Å². The number of imide groups is 1. The number of hydrogen-bond acceptors (Lipinski definition) is 3. The van der Waals surface area contributed by atoms with Gasteiger partial charge in [-0.25, -0.2) is 4.79 Å². The topological polar surface area (TPSA) is 49.4 Å². The number of nitrogens with zero attached hydrogens (tertiary/aromatic N) is 1.